The van der Waals surface area contributed by atoms with E-state index in [0.29, 0.717) is 22.6 Å². The summed E-state index contributed by atoms with van der Waals surface area (Å²) in [7, 11) is 0. The fourth-order valence-electron chi connectivity index (χ4n) is 1.98. The molecule has 1 heterocycles. The second-order valence-electron chi connectivity index (χ2n) is 4.45. The van der Waals surface area contributed by atoms with E-state index in [1.807, 2.05) is 30.3 Å². The van der Waals surface area contributed by atoms with Crippen LogP contribution < -0.4 is 0 Å². The molecular formula is C17H13NO3. The minimum atomic E-state index is -0.402. The topological polar surface area (TPSA) is 52.3 Å². The van der Waals surface area contributed by atoms with Gasteiger partial charge < -0.3 is 9.15 Å². The van der Waals surface area contributed by atoms with Crippen molar-refractivity contribution < 1.29 is 13.9 Å². The van der Waals surface area contributed by atoms with Gasteiger partial charge in [-0.05, 0) is 30.3 Å². The Morgan fingerprint density at radius 3 is 2.81 bits per heavy atom. The molecule has 0 saturated carbocycles. The summed E-state index contributed by atoms with van der Waals surface area (Å²) in [6, 6.07) is 14.7. The lowest BCUT2D eigenvalue weighted by atomic mass is 10.2. The Morgan fingerprint density at radius 1 is 1.24 bits per heavy atom. The van der Waals surface area contributed by atoms with Crippen LogP contribution in [0.5, 0.6) is 0 Å². The van der Waals surface area contributed by atoms with Gasteiger partial charge in [0.15, 0.2) is 5.58 Å². The Morgan fingerprint density at radius 2 is 2.05 bits per heavy atom. The van der Waals surface area contributed by atoms with Crippen molar-refractivity contribution in [2.24, 2.45) is 0 Å². The standard InChI is InChI=1S/C17H13NO3/c1-2-10-20-17(19)13-8-9-15-14(11-13)18-16(21-15)12-6-4-3-5-7-12/h2-9,11H,1,10H2. The highest BCUT2D eigenvalue weighted by molar-refractivity contribution is 5.93. The first-order valence-electron chi connectivity index (χ1n) is 6.52. The number of esters is 1. The Kier molecular flexibility index (Phi) is 3.51. The number of nitrogens with zero attached hydrogens (tertiary/aromatic N) is 1. The molecule has 0 spiro atoms. The number of ether oxygens (including phenoxy) is 1. The van der Waals surface area contributed by atoms with E-state index in [0.717, 1.165) is 5.56 Å². The monoisotopic (exact) mass is 279 g/mol. The zero-order chi connectivity index (χ0) is 14.7. The fraction of sp³-hybridized carbons (Fsp3) is 0.0588. The zero-order valence-corrected chi connectivity index (χ0v) is 11.3. The highest BCUT2D eigenvalue weighted by Crippen LogP contribution is 2.24. The van der Waals surface area contributed by atoms with Crippen LogP contribution in [0.4, 0.5) is 0 Å². The Balaban J connectivity index is 1.95. The molecule has 3 rings (SSSR count). The average Bonchev–Trinajstić information content (AvgIpc) is 2.96. The number of hydrogen-bond acceptors (Lipinski definition) is 4. The number of rotatable bonds is 4. The van der Waals surface area contributed by atoms with Crippen molar-refractivity contribution in [2.75, 3.05) is 6.61 Å². The minimum absolute atomic E-state index is 0.185. The van der Waals surface area contributed by atoms with Crippen LogP contribution in [0.1, 0.15) is 10.4 Å². The van der Waals surface area contributed by atoms with E-state index in [4.69, 9.17) is 9.15 Å². The molecule has 4 nitrogen and oxygen atoms in total. The van der Waals surface area contributed by atoms with Crippen molar-refractivity contribution in [3.05, 3.63) is 66.7 Å². The van der Waals surface area contributed by atoms with E-state index in [9.17, 15) is 4.79 Å². The maximum Gasteiger partial charge on any atom is 0.338 e. The van der Waals surface area contributed by atoms with Crippen LogP contribution in [0.3, 0.4) is 0 Å². The van der Waals surface area contributed by atoms with E-state index >= 15 is 0 Å². The predicted octanol–water partition coefficient (Wildman–Crippen LogP) is 3.84. The Bertz CT molecular complexity index is 790. The van der Waals surface area contributed by atoms with Crippen molar-refractivity contribution in [1.29, 1.82) is 0 Å². The maximum absolute atomic E-state index is 11.8. The quantitative estimate of drug-likeness (QED) is 0.538. The van der Waals surface area contributed by atoms with E-state index in [2.05, 4.69) is 11.6 Å². The smallest absolute Gasteiger partial charge is 0.338 e. The van der Waals surface area contributed by atoms with Crippen LogP contribution in [0.2, 0.25) is 0 Å². The number of carbonyl (C=O) groups is 1. The fourth-order valence-corrected chi connectivity index (χ4v) is 1.98. The van der Waals surface area contributed by atoms with E-state index < -0.39 is 5.97 Å². The number of aromatic nitrogens is 1. The van der Waals surface area contributed by atoms with Crippen LogP contribution in [-0.2, 0) is 4.74 Å². The van der Waals surface area contributed by atoms with Crippen LogP contribution in [0, 0.1) is 0 Å². The highest BCUT2D eigenvalue weighted by atomic mass is 16.5. The van der Waals surface area contributed by atoms with Gasteiger partial charge in [0.2, 0.25) is 5.89 Å². The summed E-state index contributed by atoms with van der Waals surface area (Å²) in [5.41, 5.74) is 2.60. The molecular weight excluding hydrogens is 266 g/mol. The van der Waals surface area contributed by atoms with Gasteiger partial charge in [-0.15, -0.1) is 0 Å². The molecule has 21 heavy (non-hydrogen) atoms. The Labute approximate surface area is 121 Å². The van der Waals surface area contributed by atoms with E-state index in [-0.39, 0.29) is 6.61 Å². The number of fused-ring (bicyclic) bond motifs is 1. The normalized spacial score (nSPS) is 10.5. The lowest BCUT2D eigenvalue weighted by molar-refractivity contribution is 0.0550. The summed E-state index contributed by atoms with van der Waals surface area (Å²) in [4.78, 5) is 16.2. The number of benzene rings is 2. The van der Waals surface area contributed by atoms with Crippen molar-refractivity contribution in [3.8, 4) is 11.5 Å². The summed E-state index contributed by atoms with van der Waals surface area (Å²) in [6.07, 6.45) is 1.53. The van der Waals surface area contributed by atoms with E-state index in [1.54, 1.807) is 18.2 Å². The molecule has 2 aromatic carbocycles. The summed E-state index contributed by atoms with van der Waals surface area (Å²) in [5.74, 6) is 0.128. The van der Waals surface area contributed by atoms with Crippen molar-refractivity contribution >= 4 is 17.1 Å². The molecule has 0 atom stereocenters. The summed E-state index contributed by atoms with van der Waals surface area (Å²) in [5, 5.41) is 0. The van der Waals surface area contributed by atoms with Gasteiger partial charge in [-0.1, -0.05) is 30.9 Å². The SMILES string of the molecule is C=CCOC(=O)c1ccc2oc(-c3ccccc3)nc2c1. The molecule has 4 heteroatoms. The largest absolute Gasteiger partial charge is 0.458 e. The predicted molar refractivity (Wildman–Crippen MR) is 79.9 cm³/mol. The maximum atomic E-state index is 11.8. The van der Waals surface area contributed by atoms with Gasteiger partial charge in [0.05, 0.1) is 5.56 Å². The molecule has 0 aliphatic rings. The molecule has 0 aliphatic heterocycles. The van der Waals surface area contributed by atoms with Crippen molar-refractivity contribution in [2.45, 2.75) is 0 Å². The molecule has 0 fully saturated rings. The molecule has 0 aliphatic carbocycles. The Hall–Kier alpha value is -2.88. The third kappa shape index (κ3) is 2.69. The third-order valence-electron chi connectivity index (χ3n) is 2.98. The van der Waals surface area contributed by atoms with Gasteiger partial charge in [-0.2, -0.15) is 0 Å². The number of carbonyl (C=O) groups excluding carboxylic acids is 1. The summed E-state index contributed by atoms with van der Waals surface area (Å²) >= 11 is 0. The third-order valence-corrected chi connectivity index (χ3v) is 2.98. The first-order chi connectivity index (χ1) is 10.3. The van der Waals surface area contributed by atoms with Gasteiger partial charge in [0.1, 0.15) is 12.1 Å². The summed E-state index contributed by atoms with van der Waals surface area (Å²) < 4.78 is 10.7. The van der Waals surface area contributed by atoms with Gasteiger partial charge in [-0.25, -0.2) is 9.78 Å². The lowest BCUT2D eigenvalue weighted by Crippen LogP contribution is -2.04. The van der Waals surface area contributed by atoms with Crippen LogP contribution in [0.25, 0.3) is 22.6 Å². The molecule has 3 aromatic rings. The molecule has 0 radical (unpaired) electrons. The van der Waals surface area contributed by atoms with Gasteiger partial charge in [-0.3, -0.25) is 0 Å². The lowest BCUT2D eigenvalue weighted by Gasteiger charge is -2.00. The highest BCUT2D eigenvalue weighted by Gasteiger charge is 2.12. The number of oxazole rings is 1. The first-order valence-corrected chi connectivity index (χ1v) is 6.52. The molecule has 1 aromatic heterocycles. The van der Waals surface area contributed by atoms with E-state index in [1.165, 1.54) is 6.08 Å². The van der Waals surface area contributed by atoms with Gasteiger partial charge in [0, 0.05) is 5.56 Å². The first kappa shape index (κ1) is 13.1. The molecule has 0 amide bonds. The average molecular weight is 279 g/mol. The number of hydrogen-bond donors (Lipinski definition) is 0. The molecule has 0 N–H and O–H groups in total. The molecule has 0 bridgehead atoms. The van der Waals surface area contributed by atoms with Crippen LogP contribution >= 0.6 is 0 Å². The van der Waals surface area contributed by atoms with Crippen molar-refractivity contribution in [3.63, 3.8) is 0 Å². The van der Waals surface area contributed by atoms with Gasteiger partial charge in [0.25, 0.3) is 0 Å². The van der Waals surface area contributed by atoms with Gasteiger partial charge >= 0.3 is 5.97 Å². The van der Waals surface area contributed by atoms with Crippen LogP contribution in [0.15, 0.2) is 65.6 Å². The zero-order valence-electron chi connectivity index (χ0n) is 11.3. The second-order valence-corrected chi connectivity index (χ2v) is 4.45. The second kappa shape index (κ2) is 5.63. The van der Waals surface area contributed by atoms with Crippen LogP contribution in [-0.4, -0.2) is 17.6 Å². The minimum Gasteiger partial charge on any atom is -0.458 e. The molecule has 104 valence electrons. The molecule has 0 unspecified atom stereocenters. The summed E-state index contributed by atoms with van der Waals surface area (Å²) in [6.45, 7) is 3.69. The van der Waals surface area contributed by atoms with Crippen molar-refractivity contribution in [1.82, 2.24) is 4.98 Å². The molecule has 0 saturated heterocycles.